The Morgan fingerprint density at radius 2 is 1.87 bits per heavy atom. The summed E-state index contributed by atoms with van der Waals surface area (Å²) < 4.78 is 61.8. The molecule has 10 rings (SSSR count). The maximum Gasteiger partial charge on any atom is 0.319 e. The minimum Gasteiger partial charge on any atom is -0.508 e. The molecule has 13 heteroatoms. The molecule has 4 unspecified atom stereocenters. The Hall–Kier alpha value is -4.64. The molecule has 0 aliphatic carbocycles. The summed E-state index contributed by atoms with van der Waals surface area (Å²) in [5.41, 5.74) is -0.0859. The third-order valence-electron chi connectivity index (χ3n) is 12.8. The third kappa shape index (κ3) is 5.17. The highest BCUT2D eigenvalue weighted by molar-refractivity contribution is 6.18. The van der Waals surface area contributed by atoms with Gasteiger partial charge < -0.3 is 19.5 Å². The summed E-state index contributed by atoms with van der Waals surface area (Å²) in [6, 6.07) is 5.86. The zero-order chi connectivity index (χ0) is 37.1. The maximum atomic E-state index is 17.8. The Morgan fingerprint density at radius 3 is 2.61 bits per heavy atom. The summed E-state index contributed by atoms with van der Waals surface area (Å²) in [6.45, 7) is 6.78. The minimum absolute atomic E-state index is 0.0162. The van der Waals surface area contributed by atoms with Gasteiger partial charge in [0.2, 0.25) is 0 Å². The molecule has 10 nitrogen and oxygen atoms in total. The van der Waals surface area contributed by atoms with Crippen LogP contribution in [-0.4, -0.2) is 110 Å². The average molecular weight is 738 g/mol. The zero-order valence-electron chi connectivity index (χ0n) is 30.4. The van der Waals surface area contributed by atoms with Gasteiger partial charge in [-0.25, -0.2) is 13.2 Å². The second kappa shape index (κ2) is 12.2. The lowest BCUT2D eigenvalue weighted by molar-refractivity contribution is -0.148. The van der Waals surface area contributed by atoms with E-state index >= 15 is 8.78 Å². The van der Waals surface area contributed by atoms with E-state index in [1.165, 1.54) is 24.3 Å². The topological polar surface area (TPSA) is 92.0 Å². The number of nitrogens with zero attached hydrogens (tertiary/aromatic N) is 7. The van der Waals surface area contributed by atoms with E-state index in [1.54, 1.807) is 11.7 Å². The van der Waals surface area contributed by atoms with Crippen LogP contribution in [0.4, 0.5) is 19.0 Å². The molecule has 0 amide bonds. The van der Waals surface area contributed by atoms with Gasteiger partial charge in [-0.2, -0.15) is 15.1 Å². The van der Waals surface area contributed by atoms with Gasteiger partial charge in [0.1, 0.15) is 41.2 Å². The number of hydrogen-bond donors (Lipinski definition) is 1. The second-order valence-corrected chi connectivity index (χ2v) is 16.4. The molecule has 1 N–H and O–H groups in total. The van der Waals surface area contributed by atoms with Gasteiger partial charge in [0.25, 0.3) is 0 Å². The molecule has 2 aromatic heterocycles. The number of aryl methyl sites for hydroxylation is 1. The van der Waals surface area contributed by atoms with Crippen molar-refractivity contribution in [3.8, 4) is 35.2 Å². The Labute approximate surface area is 310 Å². The number of phenols is 1. The standard InChI is InChI=1S/C41H42F3N7O3/c1-4-28-31(43)9-6-23-14-27(52)15-29(32(23)28)33-35(44)37-34(30-20-48(3)47-36(30)33)38(46-39(45-37)53-22-41-10-5-12-50(41)17-24(42)16-41)51-25-7-8-26(51)19-49(18-25)21-40(2)11-13-54-40/h1,6,9,14-15,20,24-26,52H,5,7-8,10-13,16-19,21-22H2,2-3H3/t24-,25?,26?,40?,41?/m1/s1. The van der Waals surface area contributed by atoms with Crippen molar-refractivity contribution in [2.75, 3.05) is 50.8 Å². The van der Waals surface area contributed by atoms with Gasteiger partial charge in [0.15, 0.2) is 5.82 Å². The number of ether oxygens (including phenoxy) is 2. The normalized spacial score (nSPS) is 28.3. The predicted molar refractivity (Wildman–Crippen MR) is 200 cm³/mol. The Balaban J connectivity index is 1.18. The van der Waals surface area contributed by atoms with Crippen LogP contribution in [0.15, 0.2) is 30.5 Å². The second-order valence-electron chi connectivity index (χ2n) is 16.4. The number of likely N-dealkylation sites (tertiary alicyclic amines) is 1. The van der Waals surface area contributed by atoms with E-state index in [2.05, 4.69) is 27.5 Å². The SMILES string of the molecule is C#Cc1c(F)ccc2cc(O)cc(-c3c(F)c4nc(OCC56CCCN5C[C@H](F)C6)nc(N5C6CCC5CN(CC5(C)CCO5)C6)c4c4cn(C)nc34)c12. The minimum atomic E-state index is -0.935. The maximum absolute atomic E-state index is 17.8. The van der Waals surface area contributed by atoms with Crippen LogP contribution in [0.1, 0.15) is 51.0 Å². The fourth-order valence-corrected chi connectivity index (χ4v) is 10.3. The average Bonchev–Trinajstić information content (AvgIpc) is 3.85. The van der Waals surface area contributed by atoms with Crippen molar-refractivity contribution in [2.24, 2.45) is 7.05 Å². The van der Waals surface area contributed by atoms with Crippen molar-refractivity contribution in [3.63, 3.8) is 0 Å². The molecular weight excluding hydrogens is 695 g/mol. The Morgan fingerprint density at radius 1 is 1.07 bits per heavy atom. The molecule has 0 radical (unpaired) electrons. The first-order valence-electron chi connectivity index (χ1n) is 19.0. The molecule has 2 bridgehead atoms. The Bertz CT molecular complexity index is 2400. The molecule has 7 heterocycles. The van der Waals surface area contributed by atoms with Gasteiger partial charge in [0.05, 0.1) is 28.7 Å². The number of alkyl halides is 1. The quantitative estimate of drug-likeness (QED) is 0.200. The van der Waals surface area contributed by atoms with Gasteiger partial charge in [-0.1, -0.05) is 12.0 Å². The van der Waals surface area contributed by atoms with Gasteiger partial charge >= 0.3 is 6.01 Å². The smallest absolute Gasteiger partial charge is 0.319 e. The van der Waals surface area contributed by atoms with Crippen LogP contribution in [-0.2, 0) is 11.8 Å². The number of phenolic OH excluding ortho intramolecular Hbond substituents is 1. The molecule has 0 saturated carbocycles. The first-order chi connectivity index (χ1) is 26.0. The first-order valence-corrected chi connectivity index (χ1v) is 19.0. The van der Waals surface area contributed by atoms with E-state index in [0.717, 1.165) is 64.9 Å². The van der Waals surface area contributed by atoms with E-state index < -0.39 is 23.3 Å². The predicted octanol–water partition coefficient (Wildman–Crippen LogP) is 6.09. The summed E-state index contributed by atoms with van der Waals surface area (Å²) in [7, 11) is 1.76. The lowest BCUT2D eigenvalue weighted by Gasteiger charge is -2.47. The van der Waals surface area contributed by atoms with Crippen molar-refractivity contribution in [3.05, 3.63) is 47.7 Å². The molecule has 5 atom stereocenters. The number of aromatic hydroxyl groups is 1. The van der Waals surface area contributed by atoms with Crippen molar-refractivity contribution in [1.29, 1.82) is 0 Å². The lowest BCUT2D eigenvalue weighted by Crippen LogP contribution is -2.59. The largest absolute Gasteiger partial charge is 0.508 e. The third-order valence-corrected chi connectivity index (χ3v) is 12.8. The summed E-state index contributed by atoms with van der Waals surface area (Å²) >= 11 is 0. The van der Waals surface area contributed by atoms with Crippen molar-refractivity contribution in [1.82, 2.24) is 29.5 Å². The van der Waals surface area contributed by atoms with E-state index in [4.69, 9.17) is 31.0 Å². The van der Waals surface area contributed by atoms with E-state index in [1.807, 2.05) is 6.20 Å². The number of rotatable bonds is 7. The van der Waals surface area contributed by atoms with Crippen molar-refractivity contribution >= 4 is 38.4 Å². The van der Waals surface area contributed by atoms with Crippen LogP contribution in [0, 0.1) is 24.0 Å². The number of piperazine rings is 1. The molecule has 5 fully saturated rings. The molecule has 5 aromatic rings. The number of fused-ring (bicyclic) bond motifs is 7. The highest BCUT2D eigenvalue weighted by atomic mass is 19.1. The Kier molecular flexibility index (Phi) is 7.65. The fourth-order valence-electron chi connectivity index (χ4n) is 10.3. The van der Waals surface area contributed by atoms with Crippen molar-refractivity contribution in [2.45, 2.75) is 74.8 Å². The van der Waals surface area contributed by atoms with E-state index in [9.17, 15) is 9.50 Å². The van der Waals surface area contributed by atoms with Crippen LogP contribution in [0.25, 0.3) is 43.7 Å². The molecule has 3 aromatic carbocycles. The van der Waals surface area contributed by atoms with Gasteiger partial charge in [-0.15, -0.1) is 6.42 Å². The highest BCUT2D eigenvalue weighted by Crippen LogP contribution is 2.47. The molecule has 5 aliphatic rings. The van der Waals surface area contributed by atoms with Crippen LogP contribution in [0.2, 0.25) is 0 Å². The number of hydrogen-bond acceptors (Lipinski definition) is 9. The van der Waals surface area contributed by atoms with Gasteiger partial charge in [-0.05, 0) is 68.3 Å². The van der Waals surface area contributed by atoms with E-state index in [-0.39, 0.29) is 63.6 Å². The van der Waals surface area contributed by atoms with Crippen molar-refractivity contribution < 1.29 is 27.8 Å². The van der Waals surface area contributed by atoms with Crippen LogP contribution < -0.4 is 9.64 Å². The molecule has 280 valence electrons. The lowest BCUT2D eigenvalue weighted by atomic mass is 9.91. The molecule has 5 aliphatic heterocycles. The monoisotopic (exact) mass is 737 g/mol. The first kappa shape index (κ1) is 33.9. The summed E-state index contributed by atoms with van der Waals surface area (Å²) in [4.78, 5) is 16.9. The van der Waals surface area contributed by atoms with Crippen LogP contribution in [0.5, 0.6) is 11.8 Å². The number of benzene rings is 3. The summed E-state index contributed by atoms with van der Waals surface area (Å²) in [6.07, 6.45) is 11.8. The molecular formula is C41H42F3N7O3. The van der Waals surface area contributed by atoms with Crippen LogP contribution >= 0.6 is 0 Å². The summed E-state index contributed by atoms with van der Waals surface area (Å²) in [5.74, 6) is 1.53. The fraction of sp³-hybridized carbons (Fsp3) is 0.488. The number of aromatic nitrogens is 4. The number of anilines is 1. The zero-order valence-corrected chi connectivity index (χ0v) is 30.4. The highest BCUT2D eigenvalue weighted by Gasteiger charge is 2.50. The molecule has 0 spiro atoms. The molecule has 54 heavy (non-hydrogen) atoms. The molecule has 5 saturated heterocycles. The number of terminal acetylenes is 1. The summed E-state index contributed by atoms with van der Waals surface area (Å²) in [5, 5.41) is 17.5. The van der Waals surface area contributed by atoms with Gasteiger partial charge in [-0.3, -0.25) is 14.5 Å². The van der Waals surface area contributed by atoms with E-state index in [0.29, 0.717) is 40.5 Å². The van der Waals surface area contributed by atoms with Gasteiger partial charge in [0, 0.05) is 80.7 Å². The van der Waals surface area contributed by atoms with Crippen LogP contribution in [0.3, 0.4) is 0 Å². The number of halogens is 3.